The average molecular weight is 353 g/mol. The van der Waals surface area contributed by atoms with E-state index in [2.05, 4.69) is 15.5 Å². The standard InChI is InChI=1S/C15H19N3O3S2/c1-4-12(21-11-8-6-7-10(9-11)20-3)13(19)16-14-17-18-15(23-14)22-5-2/h6-9,12H,4-5H2,1-3H3,(H,16,17,19)/t12-/m0/s1. The number of hydrogen-bond acceptors (Lipinski definition) is 7. The second kappa shape index (κ2) is 8.73. The Morgan fingerprint density at radius 1 is 1.35 bits per heavy atom. The van der Waals surface area contributed by atoms with Crippen LogP contribution >= 0.6 is 23.1 Å². The average Bonchev–Trinajstić information content (AvgIpc) is 3.00. The SMILES string of the molecule is CCSc1nnc(NC(=O)[C@H](CC)Oc2cccc(OC)c2)s1. The molecule has 0 fully saturated rings. The van der Waals surface area contributed by atoms with Gasteiger partial charge in [-0.25, -0.2) is 0 Å². The summed E-state index contributed by atoms with van der Waals surface area (Å²) in [6.45, 7) is 3.93. The molecular weight excluding hydrogens is 334 g/mol. The molecule has 124 valence electrons. The summed E-state index contributed by atoms with van der Waals surface area (Å²) in [6, 6.07) is 7.18. The lowest BCUT2D eigenvalue weighted by Gasteiger charge is -2.16. The van der Waals surface area contributed by atoms with Gasteiger partial charge in [-0.1, -0.05) is 43.0 Å². The summed E-state index contributed by atoms with van der Waals surface area (Å²) in [4.78, 5) is 12.3. The molecule has 6 nitrogen and oxygen atoms in total. The molecule has 8 heteroatoms. The largest absolute Gasteiger partial charge is 0.497 e. The van der Waals surface area contributed by atoms with Gasteiger partial charge < -0.3 is 9.47 Å². The molecule has 0 saturated heterocycles. The van der Waals surface area contributed by atoms with Crippen LogP contribution in [0.15, 0.2) is 28.6 Å². The van der Waals surface area contributed by atoms with Crippen molar-refractivity contribution in [1.82, 2.24) is 10.2 Å². The number of thioether (sulfide) groups is 1. The van der Waals surface area contributed by atoms with Gasteiger partial charge in [0, 0.05) is 6.07 Å². The quantitative estimate of drug-likeness (QED) is 0.579. The Balaban J connectivity index is 1.99. The highest BCUT2D eigenvalue weighted by Gasteiger charge is 2.20. The van der Waals surface area contributed by atoms with E-state index in [0.29, 0.717) is 23.1 Å². The van der Waals surface area contributed by atoms with Gasteiger partial charge in [0.25, 0.3) is 5.91 Å². The van der Waals surface area contributed by atoms with Crippen molar-refractivity contribution in [2.75, 3.05) is 18.2 Å². The van der Waals surface area contributed by atoms with Crippen molar-refractivity contribution >= 4 is 34.1 Å². The lowest BCUT2D eigenvalue weighted by molar-refractivity contribution is -0.122. The van der Waals surface area contributed by atoms with E-state index in [4.69, 9.17) is 9.47 Å². The van der Waals surface area contributed by atoms with Crippen molar-refractivity contribution in [2.45, 2.75) is 30.7 Å². The molecule has 0 bridgehead atoms. The second-order valence-electron chi connectivity index (χ2n) is 4.49. The number of nitrogens with zero attached hydrogens (tertiary/aromatic N) is 2. The van der Waals surface area contributed by atoms with Gasteiger partial charge in [0.1, 0.15) is 11.5 Å². The van der Waals surface area contributed by atoms with Gasteiger partial charge in [0.05, 0.1) is 7.11 Å². The van der Waals surface area contributed by atoms with Crippen molar-refractivity contribution in [1.29, 1.82) is 0 Å². The van der Waals surface area contributed by atoms with Crippen LogP contribution in [0.25, 0.3) is 0 Å². The number of benzene rings is 1. The molecule has 1 amide bonds. The molecule has 0 spiro atoms. The molecule has 1 aromatic heterocycles. The molecule has 1 aromatic carbocycles. The molecule has 0 saturated carbocycles. The molecule has 0 aliphatic rings. The van der Waals surface area contributed by atoms with E-state index >= 15 is 0 Å². The molecule has 0 aliphatic heterocycles. The van der Waals surface area contributed by atoms with Crippen LogP contribution in [0.2, 0.25) is 0 Å². The Bertz CT molecular complexity index is 648. The lowest BCUT2D eigenvalue weighted by atomic mass is 10.2. The van der Waals surface area contributed by atoms with Crippen molar-refractivity contribution in [3.63, 3.8) is 0 Å². The maximum atomic E-state index is 12.3. The van der Waals surface area contributed by atoms with E-state index in [1.165, 1.54) is 11.3 Å². The van der Waals surface area contributed by atoms with Crippen molar-refractivity contribution in [2.24, 2.45) is 0 Å². The van der Waals surface area contributed by atoms with E-state index in [1.54, 1.807) is 31.0 Å². The van der Waals surface area contributed by atoms with Crippen molar-refractivity contribution < 1.29 is 14.3 Å². The molecule has 23 heavy (non-hydrogen) atoms. The first-order valence-corrected chi connectivity index (χ1v) is 9.04. The monoisotopic (exact) mass is 353 g/mol. The normalized spacial score (nSPS) is 11.8. The molecule has 1 N–H and O–H groups in total. The molecule has 0 aliphatic carbocycles. The minimum Gasteiger partial charge on any atom is -0.497 e. The molecule has 1 heterocycles. The third-order valence-electron chi connectivity index (χ3n) is 2.89. The Labute approximate surface area is 143 Å². The van der Waals surface area contributed by atoms with E-state index in [0.717, 1.165) is 10.1 Å². The van der Waals surface area contributed by atoms with Crippen LogP contribution in [0.1, 0.15) is 20.3 Å². The molecule has 0 unspecified atom stereocenters. The third-order valence-corrected chi connectivity index (χ3v) is 4.74. The minimum absolute atomic E-state index is 0.237. The van der Waals surface area contributed by atoms with E-state index in [-0.39, 0.29) is 5.91 Å². The summed E-state index contributed by atoms with van der Waals surface area (Å²) in [5, 5.41) is 11.2. The van der Waals surface area contributed by atoms with Crippen LogP contribution in [0, 0.1) is 0 Å². The highest BCUT2D eigenvalue weighted by molar-refractivity contribution is 8.01. The predicted octanol–water partition coefficient (Wildman–Crippen LogP) is 3.45. The summed E-state index contributed by atoms with van der Waals surface area (Å²) >= 11 is 2.95. The van der Waals surface area contributed by atoms with Crippen LogP contribution in [-0.4, -0.2) is 35.1 Å². The second-order valence-corrected chi connectivity index (χ2v) is 6.98. The van der Waals surface area contributed by atoms with Gasteiger partial charge >= 0.3 is 0 Å². The number of carbonyl (C=O) groups excluding carboxylic acids is 1. The van der Waals surface area contributed by atoms with E-state index < -0.39 is 6.10 Å². The van der Waals surface area contributed by atoms with Gasteiger partial charge in [-0.2, -0.15) is 0 Å². The Morgan fingerprint density at radius 3 is 2.83 bits per heavy atom. The lowest BCUT2D eigenvalue weighted by Crippen LogP contribution is -2.32. The number of anilines is 1. The Kier molecular flexibility index (Phi) is 6.66. The number of aromatic nitrogens is 2. The summed E-state index contributed by atoms with van der Waals surface area (Å²) in [7, 11) is 1.59. The first-order chi connectivity index (χ1) is 11.2. The number of carbonyl (C=O) groups is 1. The van der Waals surface area contributed by atoms with Crippen LogP contribution < -0.4 is 14.8 Å². The number of hydrogen-bond donors (Lipinski definition) is 1. The number of nitrogens with one attached hydrogen (secondary N) is 1. The van der Waals surface area contributed by atoms with Gasteiger partial charge in [-0.3, -0.25) is 10.1 Å². The highest BCUT2D eigenvalue weighted by atomic mass is 32.2. The van der Waals surface area contributed by atoms with Gasteiger partial charge in [-0.05, 0) is 24.3 Å². The smallest absolute Gasteiger partial charge is 0.267 e. The zero-order valence-corrected chi connectivity index (χ0v) is 14.9. The van der Waals surface area contributed by atoms with Crippen LogP contribution in [0.5, 0.6) is 11.5 Å². The summed E-state index contributed by atoms with van der Waals surface area (Å²) < 4.78 is 11.7. The maximum absolute atomic E-state index is 12.3. The summed E-state index contributed by atoms with van der Waals surface area (Å²) in [6.07, 6.45) is -0.0633. The predicted molar refractivity (Wildman–Crippen MR) is 92.6 cm³/mol. The zero-order chi connectivity index (χ0) is 16.7. The topological polar surface area (TPSA) is 73.3 Å². The maximum Gasteiger partial charge on any atom is 0.267 e. The fourth-order valence-corrected chi connectivity index (χ4v) is 3.44. The summed E-state index contributed by atoms with van der Waals surface area (Å²) in [5.74, 6) is 1.95. The highest BCUT2D eigenvalue weighted by Crippen LogP contribution is 2.26. The fraction of sp³-hybridized carbons (Fsp3) is 0.400. The van der Waals surface area contributed by atoms with Gasteiger partial charge in [-0.15, -0.1) is 10.2 Å². The molecule has 2 rings (SSSR count). The van der Waals surface area contributed by atoms with Crippen molar-refractivity contribution in [3.05, 3.63) is 24.3 Å². The third kappa shape index (κ3) is 5.11. The number of amides is 1. The van der Waals surface area contributed by atoms with Crippen molar-refractivity contribution in [3.8, 4) is 11.5 Å². The number of rotatable bonds is 8. The number of methoxy groups -OCH3 is 1. The van der Waals surface area contributed by atoms with Crippen LogP contribution in [0.3, 0.4) is 0 Å². The molecule has 1 atom stereocenters. The minimum atomic E-state index is -0.603. The molecule has 0 radical (unpaired) electrons. The van der Waals surface area contributed by atoms with Crippen LogP contribution in [0.4, 0.5) is 5.13 Å². The number of ether oxygens (including phenoxy) is 2. The van der Waals surface area contributed by atoms with Gasteiger partial charge in [0.2, 0.25) is 5.13 Å². The first-order valence-electron chi connectivity index (χ1n) is 7.24. The van der Waals surface area contributed by atoms with Crippen LogP contribution in [-0.2, 0) is 4.79 Å². The zero-order valence-electron chi connectivity index (χ0n) is 13.2. The molecule has 2 aromatic rings. The Morgan fingerprint density at radius 2 is 2.13 bits per heavy atom. The van der Waals surface area contributed by atoms with Gasteiger partial charge in [0.15, 0.2) is 10.4 Å². The summed E-state index contributed by atoms with van der Waals surface area (Å²) in [5.41, 5.74) is 0. The molecular formula is C15H19N3O3S2. The van der Waals surface area contributed by atoms with E-state index in [1.807, 2.05) is 26.0 Å². The fourth-order valence-electron chi connectivity index (χ4n) is 1.79. The first kappa shape index (κ1) is 17.6. The Hall–Kier alpha value is -1.80. The van der Waals surface area contributed by atoms with E-state index in [9.17, 15) is 4.79 Å².